The van der Waals surface area contributed by atoms with Gasteiger partial charge in [0.2, 0.25) is 0 Å². The van der Waals surface area contributed by atoms with Gasteiger partial charge in [0.15, 0.2) is 5.11 Å². The van der Waals surface area contributed by atoms with Crippen LogP contribution in [0.1, 0.15) is 31.8 Å². The normalized spacial score (nSPS) is 10.2. The lowest BCUT2D eigenvalue weighted by Crippen LogP contribution is -2.34. The first-order valence-corrected chi connectivity index (χ1v) is 11.7. The maximum atomic E-state index is 12.7. The van der Waals surface area contributed by atoms with Crippen LogP contribution in [0.4, 0.5) is 11.4 Å². The first-order chi connectivity index (χ1) is 17.5. The Morgan fingerprint density at radius 2 is 1.44 bits per heavy atom. The average Bonchev–Trinajstić information content (AvgIpc) is 2.90. The second-order valence-electron chi connectivity index (χ2n) is 8.06. The van der Waals surface area contributed by atoms with Gasteiger partial charge in [-0.05, 0) is 78.8 Å². The van der Waals surface area contributed by atoms with Crippen molar-refractivity contribution in [3.63, 3.8) is 0 Å². The zero-order valence-corrected chi connectivity index (χ0v) is 20.5. The molecule has 4 aromatic rings. The van der Waals surface area contributed by atoms with E-state index in [4.69, 9.17) is 17.0 Å². The monoisotopic (exact) mass is 495 g/mol. The molecule has 0 fully saturated rings. The first-order valence-electron chi connectivity index (χ1n) is 11.3. The van der Waals surface area contributed by atoms with Gasteiger partial charge in [0, 0.05) is 22.5 Å². The molecule has 0 heterocycles. The van der Waals surface area contributed by atoms with E-state index in [0.717, 1.165) is 11.1 Å². The third-order valence-electron chi connectivity index (χ3n) is 5.34. The van der Waals surface area contributed by atoms with Crippen molar-refractivity contribution < 1.29 is 14.3 Å². The van der Waals surface area contributed by atoms with E-state index in [1.54, 1.807) is 48.5 Å². The van der Waals surface area contributed by atoms with Gasteiger partial charge in [0.05, 0.1) is 0 Å². The summed E-state index contributed by atoms with van der Waals surface area (Å²) in [4.78, 5) is 25.1. The number of carbonyl (C=O) groups is 2. The number of benzene rings is 4. The molecule has 0 aliphatic rings. The molecule has 0 bridgehead atoms. The minimum absolute atomic E-state index is 0.163. The SMILES string of the molecule is Cc1cc(NC(=S)NC(=O)c2cccc(OCc3ccccc3)c2)ccc1NC(=O)c1ccccc1. The van der Waals surface area contributed by atoms with Gasteiger partial charge in [-0.15, -0.1) is 0 Å². The molecule has 0 atom stereocenters. The Kier molecular flexibility index (Phi) is 8.05. The second kappa shape index (κ2) is 11.8. The molecule has 3 N–H and O–H groups in total. The van der Waals surface area contributed by atoms with E-state index < -0.39 is 0 Å². The molecule has 2 amide bonds. The molecule has 6 nitrogen and oxygen atoms in total. The molecule has 4 aromatic carbocycles. The minimum atomic E-state index is -0.346. The van der Waals surface area contributed by atoms with E-state index in [9.17, 15) is 9.59 Å². The average molecular weight is 496 g/mol. The van der Waals surface area contributed by atoms with E-state index in [1.807, 2.05) is 61.5 Å². The predicted molar refractivity (Wildman–Crippen MR) is 146 cm³/mol. The van der Waals surface area contributed by atoms with Crippen LogP contribution in [-0.2, 0) is 6.61 Å². The van der Waals surface area contributed by atoms with Crippen molar-refractivity contribution >= 4 is 40.5 Å². The second-order valence-corrected chi connectivity index (χ2v) is 8.47. The topological polar surface area (TPSA) is 79.5 Å². The lowest BCUT2D eigenvalue weighted by atomic mass is 10.1. The van der Waals surface area contributed by atoms with Crippen LogP contribution in [0.15, 0.2) is 103 Å². The molecule has 180 valence electrons. The van der Waals surface area contributed by atoms with Crippen LogP contribution >= 0.6 is 12.2 Å². The predicted octanol–water partition coefficient (Wildman–Crippen LogP) is 5.95. The molecule has 0 radical (unpaired) electrons. The van der Waals surface area contributed by atoms with Crippen molar-refractivity contribution in [2.75, 3.05) is 10.6 Å². The van der Waals surface area contributed by atoms with E-state index in [2.05, 4.69) is 16.0 Å². The number of aryl methyl sites for hydroxylation is 1. The Hall–Kier alpha value is -4.49. The van der Waals surface area contributed by atoms with Crippen LogP contribution in [0.25, 0.3) is 0 Å². The summed E-state index contributed by atoms with van der Waals surface area (Å²) in [7, 11) is 0. The molecule has 0 saturated carbocycles. The summed E-state index contributed by atoms with van der Waals surface area (Å²) >= 11 is 5.33. The number of rotatable bonds is 7. The lowest BCUT2D eigenvalue weighted by molar-refractivity contribution is 0.0976. The quantitative estimate of drug-likeness (QED) is 0.276. The van der Waals surface area contributed by atoms with Gasteiger partial charge in [-0.25, -0.2) is 0 Å². The zero-order valence-electron chi connectivity index (χ0n) is 19.7. The summed E-state index contributed by atoms with van der Waals surface area (Å²) in [5, 5.41) is 8.77. The van der Waals surface area contributed by atoms with Crippen molar-refractivity contribution in [1.29, 1.82) is 0 Å². The van der Waals surface area contributed by atoms with Gasteiger partial charge in [0.25, 0.3) is 11.8 Å². The number of ether oxygens (including phenoxy) is 1. The van der Waals surface area contributed by atoms with Crippen molar-refractivity contribution in [3.8, 4) is 5.75 Å². The maximum absolute atomic E-state index is 12.7. The summed E-state index contributed by atoms with van der Waals surface area (Å²) in [5.41, 5.74) is 4.28. The number of nitrogens with one attached hydrogen (secondary N) is 3. The fraction of sp³-hybridized carbons (Fsp3) is 0.0690. The molecule has 36 heavy (non-hydrogen) atoms. The van der Waals surface area contributed by atoms with Gasteiger partial charge in [0.1, 0.15) is 12.4 Å². The van der Waals surface area contributed by atoms with Crippen molar-refractivity contribution in [1.82, 2.24) is 5.32 Å². The zero-order chi connectivity index (χ0) is 25.3. The third-order valence-corrected chi connectivity index (χ3v) is 5.54. The fourth-order valence-electron chi connectivity index (χ4n) is 3.47. The summed E-state index contributed by atoms with van der Waals surface area (Å²) < 4.78 is 5.81. The molecule has 0 unspecified atom stereocenters. The molecule has 0 aliphatic heterocycles. The molecule has 0 aromatic heterocycles. The highest BCUT2D eigenvalue weighted by Crippen LogP contribution is 2.21. The van der Waals surface area contributed by atoms with Crippen LogP contribution < -0.4 is 20.7 Å². The van der Waals surface area contributed by atoms with E-state index in [0.29, 0.717) is 34.9 Å². The highest BCUT2D eigenvalue weighted by atomic mass is 32.1. The molecule has 4 rings (SSSR count). The lowest BCUT2D eigenvalue weighted by Gasteiger charge is -2.13. The molecular weight excluding hydrogens is 470 g/mol. The fourth-order valence-corrected chi connectivity index (χ4v) is 3.68. The Morgan fingerprint density at radius 1 is 0.750 bits per heavy atom. The largest absolute Gasteiger partial charge is 0.489 e. The van der Waals surface area contributed by atoms with Gasteiger partial charge in [-0.3, -0.25) is 14.9 Å². The third kappa shape index (κ3) is 6.77. The van der Waals surface area contributed by atoms with Crippen molar-refractivity contribution in [2.45, 2.75) is 13.5 Å². The standard InChI is InChI=1S/C29H25N3O3S/c1-20-17-24(15-16-26(20)31-27(33)22-11-6-3-7-12-22)30-29(36)32-28(34)23-13-8-14-25(18-23)35-19-21-9-4-2-5-10-21/h2-18H,19H2,1H3,(H,31,33)(H2,30,32,34,36). The van der Waals surface area contributed by atoms with Gasteiger partial charge < -0.3 is 15.4 Å². The van der Waals surface area contributed by atoms with Gasteiger partial charge >= 0.3 is 0 Å². The van der Waals surface area contributed by atoms with Gasteiger partial charge in [-0.1, -0.05) is 54.6 Å². The summed E-state index contributed by atoms with van der Waals surface area (Å²) in [6, 6.07) is 31.2. The number of carbonyl (C=O) groups excluding carboxylic acids is 2. The van der Waals surface area contributed by atoms with Crippen LogP contribution in [0.3, 0.4) is 0 Å². The molecule has 0 aliphatic carbocycles. The van der Waals surface area contributed by atoms with Crippen LogP contribution in [0.2, 0.25) is 0 Å². The van der Waals surface area contributed by atoms with Crippen LogP contribution in [0.5, 0.6) is 5.75 Å². The maximum Gasteiger partial charge on any atom is 0.257 e. The minimum Gasteiger partial charge on any atom is -0.489 e. The van der Waals surface area contributed by atoms with E-state index in [-0.39, 0.29) is 16.9 Å². The number of thiocarbonyl (C=S) groups is 1. The van der Waals surface area contributed by atoms with E-state index >= 15 is 0 Å². The van der Waals surface area contributed by atoms with E-state index in [1.165, 1.54) is 0 Å². The first kappa shape index (κ1) is 24.6. The van der Waals surface area contributed by atoms with Crippen LogP contribution in [-0.4, -0.2) is 16.9 Å². The smallest absolute Gasteiger partial charge is 0.257 e. The highest BCUT2D eigenvalue weighted by molar-refractivity contribution is 7.80. The van der Waals surface area contributed by atoms with Crippen molar-refractivity contribution in [2.24, 2.45) is 0 Å². The highest BCUT2D eigenvalue weighted by Gasteiger charge is 2.11. The number of hydrogen-bond donors (Lipinski definition) is 3. The molecular formula is C29H25N3O3S. The Labute approximate surface area is 215 Å². The molecule has 7 heteroatoms. The Morgan fingerprint density at radius 3 is 2.17 bits per heavy atom. The van der Waals surface area contributed by atoms with Crippen LogP contribution in [0, 0.1) is 6.92 Å². The summed E-state index contributed by atoms with van der Waals surface area (Å²) in [5.74, 6) is 0.0624. The Bertz CT molecular complexity index is 1380. The molecule has 0 saturated heterocycles. The molecule has 0 spiro atoms. The Balaban J connectivity index is 1.32. The summed E-state index contributed by atoms with van der Waals surface area (Å²) in [6.07, 6.45) is 0. The number of amides is 2. The number of anilines is 2. The van der Waals surface area contributed by atoms with Crippen molar-refractivity contribution in [3.05, 3.63) is 125 Å². The van der Waals surface area contributed by atoms with Gasteiger partial charge in [-0.2, -0.15) is 0 Å². The summed E-state index contributed by atoms with van der Waals surface area (Å²) in [6.45, 7) is 2.29. The number of hydrogen-bond acceptors (Lipinski definition) is 4.